The van der Waals surface area contributed by atoms with Crippen molar-refractivity contribution in [2.75, 3.05) is 17.7 Å². The Morgan fingerprint density at radius 3 is 2.88 bits per heavy atom. The standard InChI is InChI=1S/C22H22FN9O/c1-2-3-13-20-26-10-27-32(20)9-14(28-13)18-29-17(24)16-19(30-18)31-21(33)22(16,11-4-5-11)15-7-6-12(23)8-25-15/h6-9,11,27H,2-5,10H2,1H3,(H3,24,29,30,31,33). The van der Waals surface area contributed by atoms with E-state index in [0.29, 0.717) is 35.3 Å². The number of nitrogens with two attached hydrogens (primary N) is 1. The second-order valence-corrected chi connectivity index (χ2v) is 8.54. The molecule has 1 fully saturated rings. The SMILES string of the molecule is CCCC1=NC(c2nc(N)c3c(n2)NC(=O)C3(c2ccc(F)cn2)C2CC2)=CN2NCN=C12. The molecule has 0 bridgehead atoms. The summed E-state index contributed by atoms with van der Waals surface area (Å²) in [4.78, 5) is 36.1. The normalized spacial score (nSPS) is 23.5. The Morgan fingerprint density at radius 1 is 1.30 bits per heavy atom. The number of aromatic nitrogens is 3. The fraction of sp³-hybridized carbons (Fsp3) is 0.364. The van der Waals surface area contributed by atoms with Gasteiger partial charge in [0.2, 0.25) is 5.91 Å². The lowest BCUT2D eigenvalue weighted by atomic mass is 9.74. The van der Waals surface area contributed by atoms with Crippen LogP contribution in [-0.2, 0) is 10.2 Å². The van der Waals surface area contributed by atoms with Gasteiger partial charge in [-0.15, -0.1) is 0 Å². The van der Waals surface area contributed by atoms with Crippen LogP contribution in [0.2, 0.25) is 0 Å². The first-order chi connectivity index (χ1) is 16.0. The van der Waals surface area contributed by atoms with Crippen molar-refractivity contribution in [1.82, 2.24) is 25.4 Å². The van der Waals surface area contributed by atoms with Crippen molar-refractivity contribution >= 4 is 34.8 Å². The van der Waals surface area contributed by atoms with Crippen molar-refractivity contribution < 1.29 is 9.18 Å². The number of amidine groups is 1. The predicted molar refractivity (Wildman–Crippen MR) is 120 cm³/mol. The monoisotopic (exact) mass is 447 g/mol. The van der Waals surface area contributed by atoms with Gasteiger partial charge in [0.05, 0.1) is 29.4 Å². The van der Waals surface area contributed by atoms with E-state index in [1.165, 1.54) is 6.07 Å². The van der Waals surface area contributed by atoms with E-state index in [9.17, 15) is 9.18 Å². The van der Waals surface area contributed by atoms with Gasteiger partial charge in [-0.2, -0.15) is 0 Å². The quantitative estimate of drug-likeness (QED) is 0.638. The van der Waals surface area contributed by atoms with Crippen LogP contribution in [-0.4, -0.2) is 44.1 Å². The summed E-state index contributed by atoms with van der Waals surface area (Å²) in [5.41, 5.74) is 10.8. The summed E-state index contributed by atoms with van der Waals surface area (Å²) in [6.45, 7) is 2.55. The number of carbonyl (C=O) groups excluding carboxylic acids is 1. The number of pyridine rings is 1. The van der Waals surface area contributed by atoms with Gasteiger partial charge in [0.1, 0.15) is 35.2 Å². The van der Waals surface area contributed by atoms with Crippen LogP contribution in [0, 0.1) is 11.7 Å². The molecule has 1 saturated carbocycles. The number of anilines is 2. The van der Waals surface area contributed by atoms with Crippen molar-refractivity contribution in [1.29, 1.82) is 0 Å². The van der Waals surface area contributed by atoms with E-state index in [1.54, 1.807) is 12.3 Å². The molecule has 2 aromatic heterocycles. The van der Waals surface area contributed by atoms with E-state index in [2.05, 4.69) is 37.6 Å². The van der Waals surface area contributed by atoms with Gasteiger partial charge in [-0.3, -0.25) is 14.8 Å². The van der Waals surface area contributed by atoms with Gasteiger partial charge in [-0.05, 0) is 37.3 Å². The molecule has 1 amide bonds. The van der Waals surface area contributed by atoms with Gasteiger partial charge in [-0.25, -0.2) is 29.8 Å². The smallest absolute Gasteiger partial charge is 0.242 e. The number of amides is 1. The number of hydrogen-bond donors (Lipinski definition) is 3. The summed E-state index contributed by atoms with van der Waals surface area (Å²) in [5, 5.41) is 4.71. The molecule has 0 saturated heterocycles. The summed E-state index contributed by atoms with van der Waals surface area (Å²) >= 11 is 0. The van der Waals surface area contributed by atoms with E-state index >= 15 is 0 Å². The van der Waals surface area contributed by atoms with Crippen LogP contribution in [0.5, 0.6) is 0 Å². The molecule has 1 atom stereocenters. The first kappa shape index (κ1) is 19.9. The molecule has 0 spiro atoms. The van der Waals surface area contributed by atoms with Crippen LogP contribution < -0.4 is 16.5 Å². The molecule has 0 radical (unpaired) electrons. The fourth-order valence-electron chi connectivity index (χ4n) is 4.89. The fourth-order valence-corrected chi connectivity index (χ4v) is 4.89. The predicted octanol–water partition coefficient (Wildman–Crippen LogP) is 1.97. The Bertz CT molecular complexity index is 1270. The van der Waals surface area contributed by atoms with Gasteiger partial charge < -0.3 is 11.1 Å². The van der Waals surface area contributed by atoms with Crippen LogP contribution in [0.3, 0.4) is 0 Å². The van der Waals surface area contributed by atoms with E-state index in [4.69, 9.17) is 10.7 Å². The van der Waals surface area contributed by atoms with Crippen molar-refractivity contribution in [3.8, 4) is 0 Å². The number of nitrogens with one attached hydrogen (secondary N) is 2. The molecule has 33 heavy (non-hydrogen) atoms. The van der Waals surface area contributed by atoms with Gasteiger partial charge in [0.25, 0.3) is 0 Å². The topological polar surface area (TPSA) is 134 Å². The highest BCUT2D eigenvalue weighted by molar-refractivity contribution is 6.43. The highest BCUT2D eigenvalue weighted by Gasteiger charge is 2.60. The molecule has 6 rings (SSSR count). The van der Waals surface area contributed by atoms with Gasteiger partial charge in [-0.1, -0.05) is 13.3 Å². The number of halogens is 1. The first-order valence-electron chi connectivity index (χ1n) is 11.0. The average Bonchev–Trinajstić information content (AvgIpc) is 3.45. The summed E-state index contributed by atoms with van der Waals surface area (Å²) < 4.78 is 13.6. The lowest BCUT2D eigenvalue weighted by Crippen LogP contribution is -2.39. The number of nitrogens with zero attached hydrogens (tertiary/aromatic N) is 6. The van der Waals surface area contributed by atoms with Gasteiger partial charge in [0.15, 0.2) is 11.7 Å². The van der Waals surface area contributed by atoms with Crippen LogP contribution in [0.25, 0.3) is 5.70 Å². The van der Waals surface area contributed by atoms with Crippen LogP contribution >= 0.6 is 0 Å². The number of hydrogen-bond acceptors (Lipinski definition) is 9. The molecule has 2 aromatic rings. The maximum Gasteiger partial charge on any atom is 0.242 e. The minimum Gasteiger partial charge on any atom is -0.383 e. The van der Waals surface area contributed by atoms with E-state index < -0.39 is 11.2 Å². The Balaban J connectivity index is 1.48. The summed E-state index contributed by atoms with van der Waals surface area (Å²) in [6, 6.07) is 2.85. The minimum absolute atomic E-state index is 0.00380. The summed E-state index contributed by atoms with van der Waals surface area (Å²) in [5.74, 6) is 0.914. The van der Waals surface area contributed by atoms with Crippen molar-refractivity contribution in [2.24, 2.45) is 15.9 Å². The molecule has 4 aliphatic rings. The Kier molecular flexibility index (Phi) is 4.31. The van der Waals surface area contributed by atoms with E-state index in [1.807, 2.05) is 5.01 Å². The van der Waals surface area contributed by atoms with Crippen molar-refractivity contribution in [2.45, 2.75) is 38.0 Å². The maximum absolute atomic E-state index is 13.6. The summed E-state index contributed by atoms with van der Waals surface area (Å²) in [7, 11) is 0. The van der Waals surface area contributed by atoms with Crippen LogP contribution in [0.4, 0.5) is 16.0 Å². The molecule has 1 unspecified atom stereocenters. The molecule has 10 nitrogen and oxygen atoms in total. The highest BCUT2D eigenvalue weighted by atomic mass is 19.1. The minimum atomic E-state index is -1.13. The first-order valence-corrected chi connectivity index (χ1v) is 11.0. The molecule has 1 aliphatic carbocycles. The number of nitrogen functional groups attached to an aromatic ring is 1. The number of aliphatic imine (C=N–C) groups is 2. The second-order valence-electron chi connectivity index (χ2n) is 8.54. The molecule has 11 heteroatoms. The third-order valence-electron chi connectivity index (χ3n) is 6.42. The third-order valence-corrected chi connectivity index (χ3v) is 6.42. The molecular weight excluding hydrogens is 425 g/mol. The van der Waals surface area contributed by atoms with Gasteiger partial charge in [0, 0.05) is 0 Å². The molecule has 3 aliphatic heterocycles. The van der Waals surface area contributed by atoms with E-state index in [0.717, 1.165) is 43.4 Å². The molecular formula is C22H22FN9O. The number of carbonyl (C=O) groups is 1. The largest absolute Gasteiger partial charge is 0.383 e. The van der Waals surface area contributed by atoms with Crippen molar-refractivity contribution in [3.05, 3.63) is 47.4 Å². The number of hydrazine groups is 1. The maximum atomic E-state index is 13.6. The Hall–Kier alpha value is -3.73. The van der Waals surface area contributed by atoms with Crippen LogP contribution in [0.1, 0.15) is 49.7 Å². The van der Waals surface area contributed by atoms with Crippen molar-refractivity contribution in [3.63, 3.8) is 0 Å². The average molecular weight is 447 g/mol. The lowest BCUT2D eigenvalue weighted by Gasteiger charge is -2.27. The Labute approximate surface area is 188 Å². The lowest BCUT2D eigenvalue weighted by molar-refractivity contribution is -0.120. The second kappa shape index (κ2) is 7.14. The molecule has 168 valence electrons. The van der Waals surface area contributed by atoms with Crippen LogP contribution in [0.15, 0.2) is 34.5 Å². The third kappa shape index (κ3) is 2.88. The van der Waals surface area contributed by atoms with Gasteiger partial charge >= 0.3 is 0 Å². The zero-order chi connectivity index (χ0) is 22.7. The summed E-state index contributed by atoms with van der Waals surface area (Å²) in [6.07, 6.45) is 6.24. The molecule has 4 N–H and O–H groups in total. The van der Waals surface area contributed by atoms with E-state index in [-0.39, 0.29) is 17.6 Å². The number of fused-ring (bicyclic) bond motifs is 2. The zero-order valence-corrected chi connectivity index (χ0v) is 18.0. The Morgan fingerprint density at radius 2 is 2.15 bits per heavy atom. The number of rotatable bonds is 5. The molecule has 5 heterocycles. The highest BCUT2D eigenvalue weighted by Crippen LogP contribution is 2.57. The molecule has 0 aromatic carbocycles. The zero-order valence-electron chi connectivity index (χ0n) is 18.0.